The first kappa shape index (κ1) is 19.6. The van der Waals surface area contributed by atoms with Gasteiger partial charge in [-0.3, -0.25) is 9.36 Å². The zero-order chi connectivity index (χ0) is 20.4. The van der Waals surface area contributed by atoms with Gasteiger partial charge in [0.25, 0.3) is 5.56 Å². The van der Waals surface area contributed by atoms with Crippen LogP contribution in [0.2, 0.25) is 0 Å². The van der Waals surface area contributed by atoms with Crippen molar-refractivity contribution in [1.29, 1.82) is 0 Å². The Morgan fingerprint density at radius 1 is 1.21 bits per heavy atom. The molecular weight excluding hydrogens is 388 g/mol. The number of carbonyl (C=O) groups is 1. The Morgan fingerprint density at radius 2 is 2.07 bits per heavy atom. The number of thiophene rings is 1. The van der Waals surface area contributed by atoms with Gasteiger partial charge in [0.05, 0.1) is 5.39 Å². The number of fused-ring (bicyclic) bond motifs is 2. The lowest BCUT2D eigenvalue weighted by Crippen LogP contribution is -2.24. The number of aryl methyl sites for hydroxylation is 3. The molecule has 6 nitrogen and oxygen atoms in total. The van der Waals surface area contributed by atoms with Gasteiger partial charge in [-0.05, 0) is 49.9 Å². The Balaban J connectivity index is 1.48. The van der Waals surface area contributed by atoms with Gasteiger partial charge in [-0.1, -0.05) is 18.6 Å². The van der Waals surface area contributed by atoms with E-state index in [4.69, 9.17) is 14.5 Å². The lowest BCUT2D eigenvalue weighted by atomic mass is 10.2. The second kappa shape index (κ2) is 8.37. The van der Waals surface area contributed by atoms with Crippen molar-refractivity contribution in [3.63, 3.8) is 0 Å². The molecule has 0 saturated carbocycles. The molecule has 3 aromatic rings. The third-order valence-electron chi connectivity index (χ3n) is 5.17. The summed E-state index contributed by atoms with van der Waals surface area (Å²) in [6.45, 7) is 4.90. The molecular formula is C22H24N2O4S. The standard InChI is InChI=1S/C22H24N2O4S/c1-14-7-6-8-16(13-14)27-11-12-28-22(26)19-15(2)18-20(29-19)23-17-9-4-3-5-10-24(17)21(18)25/h6-8,13H,3-5,9-12H2,1-2H3. The van der Waals surface area contributed by atoms with Gasteiger partial charge in [0.2, 0.25) is 0 Å². The summed E-state index contributed by atoms with van der Waals surface area (Å²) in [7, 11) is 0. The normalized spacial score (nSPS) is 13.7. The highest BCUT2D eigenvalue weighted by Crippen LogP contribution is 2.29. The van der Waals surface area contributed by atoms with Crippen molar-refractivity contribution in [3.8, 4) is 5.75 Å². The van der Waals surface area contributed by atoms with E-state index < -0.39 is 5.97 Å². The highest BCUT2D eigenvalue weighted by Gasteiger charge is 2.23. The summed E-state index contributed by atoms with van der Waals surface area (Å²) >= 11 is 1.24. The Hall–Kier alpha value is -2.67. The molecule has 0 amide bonds. The molecule has 152 valence electrons. The van der Waals surface area contributed by atoms with Crippen molar-refractivity contribution in [2.45, 2.75) is 46.1 Å². The highest BCUT2D eigenvalue weighted by molar-refractivity contribution is 7.20. The van der Waals surface area contributed by atoms with E-state index in [1.165, 1.54) is 11.3 Å². The van der Waals surface area contributed by atoms with Crippen LogP contribution in [0.1, 0.15) is 45.9 Å². The SMILES string of the molecule is Cc1cccc(OCCOC(=O)c2sc3nc4n(c(=O)c3c2C)CCCCC4)c1. The molecule has 1 aliphatic rings. The van der Waals surface area contributed by atoms with Gasteiger partial charge < -0.3 is 9.47 Å². The fourth-order valence-corrected chi connectivity index (χ4v) is 4.75. The quantitative estimate of drug-likeness (QED) is 0.467. The Morgan fingerprint density at radius 3 is 2.90 bits per heavy atom. The number of esters is 1. The number of nitrogens with zero attached hydrogens (tertiary/aromatic N) is 2. The van der Waals surface area contributed by atoms with Crippen LogP contribution in [0.5, 0.6) is 5.75 Å². The second-order valence-electron chi connectivity index (χ2n) is 7.33. The number of hydrogen-bond acceptors (Lipinski definition) is 6. The fourth-order valence-electron chi connectivity index (χ4n) is 3.67. The zero-order valence-corrected chi connectivity index (χ0v) is 17.5. The molecule has 29 heavy (non-hydrogen) atoms. The first-order chi connectivity index (χ1) is 14.0. The van der Waals surface area contributed by atoms with Crippen LogP contribution in [0.25, 0.3) is 10.2 Å². The van der Waals surface area contributed by atoms with E-state index >= 15 is 0 Å². The molecule has 0 bridgehead atoms. The first-order valence-electron chi connectivity index (χ1n) is 9.94. The van der Waals surface area contributed by atoms with Gasteiger partial charge in [0.15, 0.2) is 0 Å². The van der Waals surface area contributed by atoms with E-state index in [-0.39, 0.29) is 18.8 Å². The summed E-state index contributed by atoms with van der Waals surface area (Å²) in [5.41, 5.74) is 1.73. The lowest BCUT2D eigenvalue weighted by molar-refractivity contribution is 0.0455. The average Bonchev–Trinajstić information content (AvgIpc) is 2.87. The molecule has 0 saturated heterocycles. The van der Waals surface area contributed by atoms with Crippen molar-refractivity contribution in [1.82, 2.24) is 9.55 Å². The predicted octanol–water partition coefficient (Wildman–Crippen LogP) is 4.04. The monoisotopic (exact) mass is 412 g/mol. The Labute approximate surface area is 173 Å². The maximum absolute atomic E-state index is 13.0. The van der Waals surface area contributed by atoms with Gasteiger partial charge in [-0.15, -0.1) is 11.3 Å². The summed E-state index contributed by atoms with van der Waals surface area (Å²) in [5.74, 6) is 1.14. The number of benzene rings is 1. The smallest absolute Gasteiger partial charge is 0.348 e. The second-order valence-corrected chi connectivity index (χ2v) is 8.33. The molecule has 0 spiro atoms. The highest BCUT2D eigenvalue weighted by atomic mass is 32.1. The third kappa shape index (κ3) is 4.05. The first-order valence-corrected chi connectivity index (χ1v) is 10.8. The maximum atomic E-state index is 13.0. The van der Waals surface area contributed by atoms with Crippen LogP contribution >= 0.6 is 11.3 Å². The van der Waals surface area contributed by atoms with E-state index in [9.17, 15) is 9.59 Å². The Bertz CT molecular complexity index is 1120. The van der Waals surface area contributed by atoms with Crippen LogP contribution in [0.15, 0.2) is 29.1 Å². The predicted molar refractivity (Wildman–Crippen MR) is 113 cm³/mol. The van der Waals surface area contributed by atoms with E-state index in [0.717, 1.165) is 42.8 Å². The van der Waals surface area contributed by atoms with E-state index in [1.54, 1.807) is 11.5 Å². The summed E-state index contributed by atoms with van der Waals surface area (Å²) in [5, 5.41) is 0.545. The molecule has 4 rings (SSSR count). The number of ether oxygens (including phenoxy) is 2. The molecule has 3 heterocycles. The molecule has 0 fully saturated rings. The molecule has 0 N–H and O–H groups in total. The van der Waals surface area contributed by atoms with Crippen LogP contribution in [-0.4, -0.2) is 28.7 Å². The van der Waals surface area contributed by atoms with Gasteiger partial charge in [0, 0.05) is 13.0 Å². The molecule has 2 aromatic heterocycles. The molecule has 0 radical (unpaired) electrons. The van der Waals surface area contributed by atoms with Gasteiger partial charge in [-0.2, -0.15) is 0 Å². The van der Waals surface area contributed by atoms with Crippen molar-refractivity contribution >= 4 is 27.5 Å². The molecule has 7 heteroatoms. The number of carbonyl (C=O) groups excluding carboxylic acids is 1. The van der Waals surface area contributed by atoms with E-state index in [1.807, 2.05) is 31.2 Å². The molecule has 0 aliphatic carbocycles. The number of aromatic nitrogens is 2. The van der Waals surface area contributed by atoms with Crippen molar-refractivity contribution in [2.75, 3.05) is 13.2 Å². The summed E-state index contributed by atoms with van der Waals surface area (Å²) in [6.07, 6.45) is 3.94. The molecule has 0 unspecified atom stereocenters. The topological polar surface area (TPSA) is 70.4 Å². The maximum Gasteiger partial charge on any atom is 0.348 e. The summed E-state index contributed by atoms with van der Waals surface area (Å²) in [6, 6.07) is 7.72. The summed E-state index contributed by atoms with van der Waals surface area (Å²) < 4.78 is 12.8. The molecule has 0 atom stereocenters. The molecule has 1 aromatic carbocycles. The average molecular weight is 413 g/mol. The van der Waals surface area contributed by atoms with Crippen LogP contribution in [0, 0.1) is 13.8 Å². The fraction of sp³-hybridized carbons (Fsp3) is 0.409. The van der Waals surface area contributed by atoms with Crippen LogP contribution < -0.4 is 10.3 Å². The van der Waals surface area contributed by atoms with Crippen molar-refractivity contribution < 1.29 is 14.3 Å². The summed E-state index contributed by atoms with van der Waals surface area (Å²) in [4.78, 5) is 31.3. The lowest BCUT2D eigenvalue weighted by Gasteiger charge is -2.08. The van der Waals surface area contributed by atoms with Crippen LogP contribution in [0.4, 0.5) is 0 Å². The minimum absolute atomic E-state index is 0.0394. The van der Waals surface area contributed by atoms with Gasteiger partial charge in [0.1, 0.15) is 34.5 Å². The largest absolute Gasteiger partial charge is 0.490 e. The number of rotatable bonds is 5. The minimum atomic E-state index is -0.432. The third-order valence-corrected chi connectivity index (χ3v) is 6.34. The Kier molecular flexibility index (Phi) is 5.67. The zero-order valence-electron chi connectivity index (χ0n) is 16.7. The van der Waals surface area contributed by atoms with Crippen molar-refractivity contribution in [3.05, 3.63) is 56.4 Å². The number of hydrogen-bond donors (Lipinski definition) is 0. The minimum Gasteiger partial charge on any atom is -0.490 e. The van der Waals surface area contributed by atoms with Gasteiger partial charge in [-0.25, -0.2) is 9.78 Å². The van der Waals surface area contributed by atoms with Crippen LogP contribution in [0.3, 0.4) is 0 Å². The van der Waals surface area contributed by atoms with E-state index in [0.29, 0.717) is 27.2 Å². The van der Waals surface area contributed by atoms with E-state index in [2.05, 4.69) is 0 Å². The van der Waals surface area contributed by atoms with Gasteiger partial charge >= 0.3 is 5.97 Å². The van der Waals surface area contributed by atoms with Crippen LogP contribution in [-0.2, 0) is 17.7 Å². The molecule has 1 aliphatic heterocycles. The van der Waals surface area contributed by atoms with Crippen molar-refractivity contribution in [2.24, 2.45) is 0 Å².